The molecule has 0 unspecified atom stereocenters. The van der Waals surface area contributed by atoms with Gasteiger partial charge < -0.3 is 9.47 Å². The van der Waals surface area contributed by atoms with Crippen LogP contribution in [0.2, 0.25) is 5.15 Å². The maximum Gasteiger partial charge on any atom is 0.573 e. The predicted molar refractivity (Wildman–Crippen MR) is 47.5 cm³/mol. The van der Waals surface area contributed by atoms with E-state index in [1.54, 1.807) is 0 Å². The third-order valence-corrected chi connectivity index (χ3v) is 1.96. The minimum Gasteiger partial charge on any atom is -0.491 e. The molecular formula is C8H4ClF6NO2. The Labute approximate surface area is 101 Å². The Hall–Kier alpha value is -1.38. The molecular weight excluding hydrogens is 292 g/mol. The molecule has 0 atom stereocenters. The second kappa shape index (κ2) is 4.71. The lowest BCUT2D eigenvalue weighted by atomic mass is 10.2. The third-order valence-electron chi connectivity index (χ3n) is 1.67. The number of pyridine rings is 1. The van der Waals surface area contributed by atoms with Gasteiger partial charge in [0.15, 0.2) is 11.5 Å². The highest BCUT2D eigenvalue weighted by molar-refractivity contribution is 6.30. The zero-order valence-corrected chi connectivity index (χ0v) is 9.24. The quantitative estimate of drug-likeness (QED) is 0.616. The highest BCUT2D eigenvalue weighted by Crippen LogP contribution is 2.46. The van der Waals surface area contributed by atoms with E-state index >= 15 is 0 Å². The predicted octanol–water partition coefficient (Wildman–Crippen LogP) is 3.66. The van der Waals surface area contributed by atoms with Gasteiger partial charge in [-0.2, -0.15) is 13.2 Å². The zero-order valence-electron chi connectivity index (χ0n) is 8.49. The van der Waals surface area contributed by atoms with Crippen LogP contribution in [-0.2, 0) is 6.18 Å². The smallest absolute Gasteiger partial charge is 0.491 e. The lowest BCUT2D eigenvalue weighted by Crippen LogP contribution is -2.21. The van der Waals surface area contributed by atoms with Gasteiger partial charge in [0.1, 0.15) is 10.7 Å². The molecule has 3 nitrogen and oxygen atoms in total. The van der Waals surface area contributed by atoms with Gasteiger partial charge >= 0.3 is 12.5 Å². The molecule has 0 aliphatic carbocycles. The van der Waals surface area contributed by atoms with Gasteiger partial charge in [-0.25, -0.2) is 4.98 Å². The van der Waals surface area contributed by atoms with Crippen molar-refractivity contribution in [1.29, 1.82) is 0 Å². The van der Waals surface area contributed by atoms with Crippen LogP contribution < -0.4 is 9.47 Å². The van der Waals surface area contributed by atoms with Crippen molar-refractivity contribution >= 4 is 11.6 Å². The second-order valence-corrected chi connectivity index (χ2v) is 3.23. The number of aromatic nitrogens is 1. The molecule has 0 amide bonds. The van der Waals surface area contributed by atoms with Crippen LogP contribution in [0.5, 0.6) is 11.5 Å². The summed E-state index contributed by atoms with van der Waals surface area (Å²) >= 11 is 5.14. The summed E-state index contributed by atoms with van der Waals surface area (Å²) in [7, 11) is 0.869. The molecule has 0 aromatic carbocycles. The molecule has 0 N–H and O–H groups in total. The Morgan fingerprint density at radius 2 is 1.72 bits per heavy atom. The maximum atomic E-state index is 12.6. The van der Waals surface area contributed by atoms with E-state index in [2.05, 4.69) is 14.5 Å². The topological polar surface area (TPSA) is 31.4 Å². The Bertz CT molecular complexity index is 444. The highest BCUT2D eigenvalue weighted by Gasteiger charge is 2.43. The van der Waals surface area contributed by atoms with Crippen LogP contribution in [0.1, 0.15) is 5.56 Å². The average Bonchev–Trinajstić information content (AvgIpc) is 2.13. The summed E-state index contributed by atoms with van der Waals surface area (Å²) in [5, 5.41) is -1.16. The van der Waals surface area contributed by atoms with Gasteiger partial charge in [-0.15, -0.1) is 13.2 Å². The standard InChI is InChI=1S/C8H4ClF6NO2/c1-17-3-2-16-6(9)4(7(10,11)12)5(3)18-8(13,14)15/h2H,1H3. The Morgan fingerprint density at radius 1 is 1.17 bits per heavy atom. The van der Waals surface area contributed by atoms with Crippen molar-refractivity contribution in [3.8, 4) is 11.5 Å². The van der Waals surface area contributed by atoms with E-state index < -0.39 is 34.8 Å². The monoisotopic (exact) mass is 295 g/mol. The first-order valence-electron chi connectivity index (χ1n) is 4.11. The van der Waals surface area contributed by atoms with Crippen molar-refractivity contribution in [2.24, 2.45) is 0 Å². The van der Waals surface area contributed by atoms with Crippen LogP contribution >= 0.6 is 11.6 Å². The van der Waals surface area contributed by atoms with Gasteiger partial charge in [0, 0.05) is 0 Å². The SMILES string of the molecule is COc1cnc(Cl)c(C(F)(F)F)c1OC(F)(F)F. The summed E-state index contributed by atoms with van der Waals surface area (Å²) in [6.45, 7) is 0. The molecule has 0 spiro atoms. The van der Waals surface area contributed by atoms with Gasteiger partial charge in [0.2, 0.25) is 0 Å². The van der Waals surface area contributed by atoms with Crippen LogP contribution in [0.25, 0.3) is 0 Å². The number of nitrogens with zero attached hydrogens (tertiary/aromatic N) is 1. The largest absolute Gasteiger partial charge is 0.573 e. The molecule has 1 aromatic heterocycles. The first-order valence-corrected chi connectivity index (χ1v) is 4.49. The van der Waals surface area contributed by atoms with Crippen LogP contribution in [0.15, 0.2) is 6.20 Å². The number of halogens is 7. The summed E-state index contributed by atoms with van der Waals surface area (Å²) < 4.78 is 81.5. The van der Waals surface area contributed by atoms with E-state index in [-0.39, 0.29) is 0 Å². The molecule has 0 saturated carbocycles. The molecule has 0 aliphatic rings. The summed E-state index contributed by atoms with van der Waals surface area (Å²) in [5.41, 5.74) is -1.85. The molecule has 18 heavy (non-hydrogen) atoms. The van der Waals surface area contributed by atoms with Crippen molar-refractivity contribution in [3.63, 3.8) is 0 Å². The normalized spacial score (nSPS) is 12.4. The fraction of sp³-hybridized carbons (Fsp3) is 0.375. The molecule has 1 aromatic rings. The third kappa shape index (κ3) is 3.31. The maximum absolute atomic E-state index is 12.6. The lowest BCUT2D eigenvalue weighted by Gasteiger charge is -2.18. The Balaban J connectivity index is 3.47. The first-order chi connectivity index (χ1) is 8.06. The first kappa shape index (κ1) is 14.7. The summed E-state index contributed by atoms with van der Waals surface area (Å²) in [5.74, 6) is -2.40. The number of methoxy groups -OCH3 is 1. The van der Waals surface area contributed by atoms with Crippen molar-refractivity contribution in [1.82, 2.24) is 4.98 Å². The van der Waals surface area contributed by atoms with Crippen molar-refractivity contribution < 1.29 is 35.8 Å². The molecule has 0 saturated heterocycles. The fourth-order valence-corrected chi connectivity index (χ4v) is 1.31. The van der Waals surface area contributed by atoms with Crippen molar-refractivity contribution in [2.75, 3.05) is 7.11 Å². The second-order valence-electron chi connectivity index (χ2n) is 2.87. The molecule has 0 aliphatic heterocycles. The molecule has 102 valence electrons. The van der Waals surface area contributed by atoms with Gasteiger partial charge in [-0.1, -0.05) is 11.6 Å². The molecule has 0 bridgehead atoms. The van der Waals surface area contributed by atoms with E-state index in [4.69, 9.17) is 11.6 Å². The summed E-state index contributed by atoms with van der Waals surface area (Å²) in [6, 6.07) is 0. The van der Waals surface area contributed by atoms with Gasteiger partial charge in [-0.3, -0.25) is 0 Å². The summed E-state index contributed by atoms with van der Waals surface area (Å²) in [4.78, 5) is 3.08. The minimum atomic E-state index is -5.32. The van der Waals surface area contributed by atoms with Crippen LogP contribution in [0.3, 0.4) is 0 Å². The van der Waals surface area contributed by atoms with Gasteiger partial charge in [-0.05, 0) is 0 Å². The van der Waals surface area contributed by atoms with E-state index in [9.17, 15) is 26.3 Å². The molecule has 1 heterocycles. The number of rotatable bonds is 2. The van der Waals surface area contributed by atoms with Crippen LogP contribution in [-0.4, -0.2) is 18.5 Å². The molecule has 0 radical (unpaired) electrons. The van der Waals surface area contributed by atoms with Crippen molar-refractivity contribution in [2.45, 2.75) is 12.5 Å². The number of hydrogen-bond donors (Lipinski definition) is 0. The van der Waals surface area contributed by atoms with Gasteiger partial charge in [0.05, 0.1) is 13.3 Å². The minimum absolute atomic E-state index is 0.596. The van der Waals surface area contributed by atoms with Crippen LogP contribution in [0.4, 0.5) is 26.3 Å². The summed E-state index contributed by atoms with van der Waals surface area (Å²) in [6.07, 6.45) is -9.89. The number of ether oxygens (including phenoxy) is 2. The van der Waals surface area contributed by atoms with E-state index in [1.807, 2.05) is 0 Å². The number of hydrogen-bond acceptors (Lipinski definition) is 3. The van der Waals surface area contributed by atoms with E-state index in [0.29, 0.717) is 6.20 Å². The van der Waals surface area contributed by atoms with E-state index in [0.717, 1.165) is 7.11 Å². The zero-order chi connectivity index (χ0) is 14.1. The Morgan fingerprint density at radius 3 is 2.11 bits per heavy atom. The number of alkyl halides is 6. The highest BCUT2D eigenvalue weighted by atomic mass is 35.5. The molecule has 1 rings (SSSR count). The molecule has 0 fully saturated rings. The van der Waals surface area contributed by atoms with E-state index in [1.165, 1.54) is 0 Å². The Kier molecular flexibility index (Phi) is 3.84. The average molecular weight is 296 g/mol. The van der Waals surface area contributed by atoms with Crippen molar-refractivity contribution in [3.05, 3.63) is 16.9 Å². The fourth-order valence-electron chi connectivity index (χ4n) is 1.06. The molecule has 10 heteroatoms. The van der Waals surface area contributed by atoms with Gasteiger partial charge in [0.25, 0.3) is 0 Å². The van der Waals surface area contributed by atoms with Crippen LogP contribution in [0, 0.1) is 0 Å². The lowest BCUT2D eigenvalue weighted by molar-refractivity contribution is -0.276.